The minimum Gasteiger partial charge on any atom is -0.508 e. The lowest BCUT2D eigenvalue weighted by atomic mass is 10.0. The Morgan fingerprint density at radius 2 is 1.74 bits per heavy atom. The Morgan fingerprint density at radius 3 is 2.32 bits per heavy atom. The first-order valence-corrected chi connectivity index (χ1v) is 6.86. The number of halogens is 2. The Kier molecular flexibility index (Phi) is 4.56. The first-order chi connectivity index (χ1) is 9.10. The van der Waals surface area contributed by atoms with E-state index < -0.39 is 0 Å². The van der Waals surface area contributed by atoms with Gasteiger partial charge in [0.1, 0.15) is 5.75 Å². The van der Waals surface area contributed by atoms with E-state index in [1.807, 2.05) is 24.3 Å². The van der Waals surface area contributed by atoms with Crippen molar-refractivity contribution in [3.63, 3.8) is 0 Å². The standard InChI is InChI=1S/C15H15Cl2NO/c1-2-15(10-3-8-13(16)14(17)9-10)18-11-4-6-12(19)7-5-11/h3-9,15,18-19H,2H2,1H3. The highest BCUT2D eigenvalue weighted by Crippen LogP contribution is 2.29. The fraction of sp³-hybridized carbons (Fsp3) is 0.200. The summed E-state index contributed by atoms with van der Waals surface area (Å²) >= 11 is 12.0. The van der Waals surface area contributed by atoms with Crippen molar-refractivity contribution in [1.82, 2.24) is 0 Å². The minimum atomic E-state index is 0.152. The van der Waals surface area contributed by atoms with Crippen molar-refractivity contribution >= 4 is 28.9 Å². The smallest absolute Gasteiger partial charge is 0.115 e. The summed E-state index contributed by atoms with van der Waals surface area (Å²) in [5, 5.41) is 13.8. The number of nitrogens with one attached hydrogen (secondary N) is 1. The van der Waals surface area contributed by atoms with Crippen LogP contribution in [-0.4, -0.2) is 5.11 Å². The van der Waals surface area contributed by atoms with E-state index in [0.29, 0.717) is 10.0 Å². The number of hydrogen-bond acceptors (Lipinski definition) is 2. The Morgan fingerprint density at radius 1 is 1.05 bits per heavy atom. The molecule has 1 unspecified atom stereocenters. The number of hydrogen-bond donors (Lipinski definition) is 2. The summed E-state index contributed by atoms with van der Waals surface area (Å²) < 4.78 is 0. The van der Waals surface area contributed by atoms with Gasteiger partial charge in [0.15, 0.2) is 0 Å². The maximum Gasteiger partial charge on any atom is 0.115 e. The van der Waals surface area contributed by atoms with Gasteiger partial charge in [-0.25, -0.2) is 0 Å². The number of aromatic hydroxyl groups is 1. The van der Waals surface area contributed by atoms with Crippen LogP contribution in [0.25, 0.3) is 0 Å². The zero-order chi connectivity index (χ0) is 13.8. The molecule has 2 nitrogen and oxygen atoms in total. The van der Waals surface area contributed by atoms with Crippen LogP contribution < -0.4 is 5.32 Å². The number of rotatable bonds is 4. The Balaban J connectivity index is 2.19. The molecule has 0 spiro atoms. The highest BCUT2D eigenvalue weighted by atomic mass is 35.5. The molecule has 0 aromatic heterocycles. The van der Waals surface area contributed by atoms with Crippen molar-refractivity contribution in [3.05, 3.63) is 58.1 Å². The molecule has 2 aromatic carbocycles. The van der Waals surface area contributed by atoms with Crippen molar-refractivity contribution in [3.8, 4) is 5.75 Å². The van der Waals surface area contributed by atoms with E-state index in [-0.39, 0.29) is 11.8 Å². The summed E-state index contributed by atoms with van der Waals surface area (Å²) in [6, 6.07) is 12.8. The maximum absolute atomic E-state index is 9.27. The van der Waals surface area contributed by atoms with Gasteiger partial charge in [0.25, 0.3) is 0 Å². The third-order valence-electron chi connectivity index (χ3n) is 2.96. The first kappa shape index (κ1) is 14.0. The fourth-order valence-electron chi connectivity index (χ4n) is 1.91. The van der Waals surface area contributed by atoms with Crippen molar-refractivity contribution in [2.24, 2.45) is 0 Å². The fourth-order valence-corrected chi connectivity index (χ4v) is 2.22. The lowest BCUT2D eigenvalue weighted by molar-refractivity contribution is 0.475. The molecule has 0 bridgehead atoms. The molecule has 2 N–H and O–H groups in total. The largest absolute Gasteiger partial charge is 0.508 e. The molecule has 100 valence electrons. The molecule has 0 amide bonds. The van der Waals surface area contributed by atoms with E-state index in [2.05, 4.69) is 12.2 Å². The van der Waals surface area contributed by atoms with Crippen LogP contribution in [-0.2, 0) is 0 Å². The molecule has 0 saturated carbocycles. The van der Waals surface area contributed by atoms with Crippen LogP contribution >= 0.6 is 23.2 Å². The first-order valence-electron chi connectivity index (χ1n) is 6.10. The number of phenolic OH excluding ortho intramolecular Hbond substituents is 1. The lowest BCUT2D eigenvalue weighted by Gasteiger charge is -2.19. The van der Waals surface area contributed by atoms with Gasteiger partial charge in [0.05, 0.1) is 16.1 Å². The monoisotopic (exact) mass is 295 g/mol. The van der Waals surface area contributed by atoms with Crippen LogP contribution in [0.3, 0.4) is 0 Å². The van der Waals surface area contributed by atoms with Crippen LogP contribution in [0.5, 0.6) is 5.75 Å². The topological polar surface area (TPSA) is 32.3 Å². The molecule has 2 aromatic rings. The van der Waals surface area contributed by atoms with Gasteiger partial charge in [-0.05, 0) is 48.4 Å². The molecule has 0 aliphatic rings. The molecule has 0 aliphatic carbocycles. The highest BCUT2D eigenvalue weighted by Gasteiger charge is 2.10. The molecule has 0 aliphatic heterocycles. The quantitative estimate of drug-likeness (QED) is 0.754. The van der Waals surface area contributed by atoms with E-state index in [1.165, 1.54) is 0 Å². The molecular formula is C15H15Cl2NO. The molecule has 2 rings (SSSR count). The zero-order valence-electron chi connectivity index (χ0n) is 10.5. The van der Waals surface area contributed by atoms with Gasteiger partial charge in [-0.3, -0.25) is 0 Å². The average Bonchev–Trinajstić information content (AvgIpc) is 2.41. The molecule has 0 saturated heterocycles. The van der Waals surface area contributed by atoms with E-state index in [0.717, 1.165) is 17.7 Å². The average molecular weight is 296 g/mol. The summed E-state index contributed by atoms with van der Waals surface area (Å²) in [4.78, 5) is 0. The number of benzene rings is 2. The van der Waals surface area contributed by atoms with Gasteiger partial charge in [0.2, 0.25) is 0 Å². The third-order valence-corrected chi connectivity index (χ3v) is 3.70. The summed E-state index contributed by atoms with van der Waals surface area (Å²) in [6.45, 7) is 2.10. The van der Waals surface area contributed by atoms with Crippen LogP contribution in [0, 0.1) is 0 Å². The van der Waals surface area contributed by atoms with E-state index in [1.54, 1.807) is 18.2 Å². The highest BCUT2D eigenvalue weighted by molar-refractivity contribution is 6.42. The van der Waals surface area contributed by atoms with Gasteiger partial charge in [-0.15, -0.1) is 0 Å². The van der Waals surface area contributed by atoms with E-state index in [9.17, 15) is 5.11 Å². The third kappa shape index (κ3) is 3.55. The van der Waals surface area contributed by atoms with Gasteiger partial charge < -0.3 is 10.4 Å². The van der Waals surface area contributed by atoms with Crippen LogP contribution in [0.1, 0.15) is 24.9 Å². The van der Waals surface area contributed by atoms with Crippen molar-refractivity contribution in [2.45, 2.75) is 19.4 Å². The normalized spacial score (nSPS) is 12.2. The summed E-state index contributed by atoms with van der Waals surface area (Å²) in [7, 11) is 0. The van der Waals surface area contributed by atoms with Crippen molar-refractivity contribution < 1.29 is 5.11 Å². The van der Waals surface area contributed by atoms with Crippen molar-refractivity contribution in [2.75, 3.05) is 5.32 Å². The van der Waals surface area contributed by atoms with Gasteiger partial charge in [0, 0.05) is 5.69 Å². The Bertz CT molecular complexity index is 555. The SMILES string of the molecule is CCC(Nc1ccc(O)cc1)c1ccc(Cl)c(Cl)c1. The Hall–Kier alpha value is -1.38. The molecule has 4 heteroatoms. The van der Waals surface area contributed by atoms with Gasteiger partial charge >= 0.3 is 0 Å². The van der Waals surface area contributed by atoms with E-state index >= 15 is 0 Å². The molecular weight excluding hydrogens is 281 g/mol. The second-order valence-corrected chi connectivity index (χ2v) is 5.14. The zero-order valence-corrected chi connectivity index (χ0v) is 12.0. The number of anilines is 1. The van der Waals surface area contributed by atoms with Gasteiger partial charge in [-0.2, -0.15) is 0 Å². The molecule has 1 atom stereocenters. The van der Waals surface area contributed by atoms with E-state index in [4.69, 9.17) is 23.2 Å². The van der Waals surface area contributed by atoms with Crippen molar-refractivity contribution in [1.29, 1.82) is 0 Å². The Labute approximate surface area is 123 Å². The van der Waals surface area contributed by atoms with Gasteiger partial charge in [-0.1, -0.05) is 36.2 Å². The van der Waals surface area contributed by atoms with Crippen LogP contribution in [0.15, 0.2) is 42.5 Å². The lowest BCUT2D eigenvalue weighted by Crippen LogP contribution is -2.09. The predicted octanol–water partition coefficient (Wildman–Crippen LogP) is 5.26. The second kappa shape index (κ2) is 6.18. The predicted molar refractivity (Wildman–Crippen MR) is 81.2 cm³/mol. The minimum absolute atomic E-state index is 0.152. The van der Waals surface area contributed by atoms with Crippen LogP contribution in [0.2, 0.25) is 10.0 Å². The molecule has 0 radical (unpaired) electrons. The molecule has 0 fully saturated rings. The molecule has 0 heterocycles. The summed E-state index contributed by atoms with van der Waals surface area (Å²) in [6.07, 6.45) is 0.916. The van der Waals surface area contributed by atoms with Crippen LogP contribution in [0.4, 0.5) is 5.69 Å². The summed E-state index contributed by atoms with van der Waals surface area (Å²) in [5.74, 6) is 0.258. The molecule has 19 heavy (non-hydrogen) atoms. The second-order valence-electron chi connectivity index (χ2n) is 4.33. The maximum atomic E-state index is 9.27. The summed E-state index contributed by atoms with van der Waals surface area (Å²) in [5.41, 5.74) is 2.04. The number of phenols is 1.